The number of carbonyl (C=O) groups excluding carboxylic acids is 1. The number of hydrogen-bond acceptors (Lipinski definition) is 3. The number of halogens is 1. The van der Waals surface area contributed by atoms with Gasteiger partial charge < -0.3 is 9.88 Å². The fraction of sp³-hybridized carbons (Fsp3) is 0.320. The van der Waals surface area contributed by atoms with Gasteiger partial charge >= 0.3 is 0 Å². The third-order valence-corrected chi connectivity index (χ3v) is 6.17. The van der Waals surface area contributed by atoms with E-state index in [0.717, 1.165) is 35.1 Å². The van der Waals surface area contributed by atoms with Gasteiger partial charge in [0.05, 0.1) is 41.0 Å². The van der Waals surface area contributed by atoms with E-state index in [4.69, 9.17) is 0 Å². The van der Waals surface area contributed by atoms with Gasteiger partial charge in [0.25, 0.3) is 0 Å². The summed E-state index contributed by atoms with van der Waals surface area (Å²) < 4.78 is 17.6. The van der Waals surface area contributed by atoms with Gasteiger partial charge in [0.2, 0.25) is 5.91 Å². The molecule has 0 unspecified atom stereocenters. The number of aromatic nitrogens is 4. The Kier molecular flexibility index (Phi) is 5.04. The number of carbonyl (C=O) groups is 1. The number of imidazole rings is 1. The Hall–Kier alpha value is -3.48. The zero-order chi connectivity index (χ0) is 22.3. The summed E-state index contributed by atoms with van der Waals surface area (Å²) in [5, 5.41) is 7.76. The molecular weight excluding hydrogens is 405 g/mol. The van der Waals surface area contributed by atoms with Crippen molar-refractivity contribution in [3.05, 3.63) is 78.1 Å². The monoisotopic (exact) mass is 431 g/mol. The first-order chi connectivity index (χ1) is 15.4. The summed E-state index contributed by atoms with van der Waals surface area (Å²) in [4.78, 5) is 17.3. The Morgan fingerprint density at radius 2 is 2.06 bits per heavy atom. The lowest BCUT2D eigenvalue weighted by atomic mass is 9.74. The number of nitrogens with one attached hydrogen (secondary N) is 1. The minimum Gasteiger partial charge on any atom is -0.349 e. The maximum atomic E-state index is 13.8. The minimum absolute atomic E-state index is 0.00469. The van der Waals surface area contributed by atoms with Gasteiger partial charge in [-0.3, -0.25) is 4.79 Å². The molecule has 2 aromatic heterocycles. The number of hydrogen-bond donors (Lipinski definition) is 1. The van der Waals surface area contributed by atoms with Gasteiger partial charge in [-0.2, -0.15) is 5.10 Å². The Morgan fingerprint density at radius 1 is 1.22 bits per heavy atom. The third kappa shape index (κ3) is 3.90. The van der Waals surface area contributed by atoms with E-state index in [-0.39, 0.29) is 23.2 Å². The molecule has 1 N–H and O–H groups in total. The quantitative estimate of drug-likeness (QED) is 0.503. The van der Waals surface area contributed by atoms with E-state index in [1.807, 2.05) is 41.1 Å². The van der Waals surface area contributed by atoms with Crippen LogP contribution in [-0.4, -0.2) is 25.2 Å². The zero-order valence-electron chi connectivity index (χ0n) is 18.3. The number of aryl methyl sites for hydroxylation is 1. The van der Waals surface area contributed by atoms with E-state index in [1.54, 1.807) is 17.1 Å². The fourth-order valence-electron chi connectivity index (χ4n) is 4.68. The van der Waals surface area contributed by atoms with E-state index in [1.165, 1.54) is 12.1 Å². The molecule has 1 atom stereocenters. The molecule has 0 radical (unpaired) electrons. The smallest absolute Gasteiger partial charge is 0.222 e. The molecule has 0 spiro atoms. The highest BCUT2D eigenvalue weighted by molar-refractivity contribution is 5.78. The molecule has 6 nitrogen and oxygen atoms in total. The first kappa shape index (κ1) is 20.4. The van der Waals surface area contributed by atoms with Crippen LogP contribution in [0.3, 0.4) is 0 Å². The number of fused-ring (bicyclic) bond motifs is 2. The van der Waals surface area contributed by atoms with Crippen LogP contribution in [-0.2, 0) is 17.8 Å². The maximum Gasteiger partial charge on any atom is 0.222 e. The highest BCUT2D eigenvalue weighted by atomic mass is 19.1. The highest BCUT2D eigenvalue weighted by Crippen LogP contribution is 2.41. The largest absolute Gasteiger partial charge is 0.349 e. The molecule has 1 aliphatic rings. The van der Waals surface area contributed by atoms with Crippen LogP contribution in [0.4, 0.5) is 4.39 Å². The molecule has 1 aliphatic carbocycles. The molecule has 0 saturated heterocycles. The molecule has 1 amide bonds. The van der Waals surface area contributed by atoms with Gasteiger partial charge in [-0.15, -0.1) is 0 Å². The average molecular weight is 432 g/mol. The lowest BCUT2D eigenvalue weighted by Crippen LogP contribution is -2.37. The Balaban J connectivity index is 1.35. The summed E-state index contributed by atoms with van der Waals surface area (Å²) in [5.74, 6) is -0.298. The minimum atomic E-state index is -0.293. The van der Waals surface area contributed by atoms with E-state index >= 15 is 0 Å². The first-order valence-corrected chi connectivity index (χ1v) is 10.9. The summed E-state index contributed by atoms with van der Waals surface area (Å²) >= 11 is 0. The number of benzene rings is 2. The predicted molar refractivity (Wildman–Crippen MR) is 121 cm³/mol. The normalized spacial score (nSPS) is 17.3. The van der Waals surface area contributed by atoms with Gasteiger partial charge in [-0.1, -0.05) is 32.0 Å². The van der Waals surface area contributed by atoms with Gasteiger partial charge in [0.15, 0.2) is 0 Å². The zero-order valence-corrected chi connectivity index (χ0v) is 18.3. The maximum absolute atomic E-state index is 13.8. The molecule has 0 aliphatic heterocycles. The van der Waals surface area contributed by atoms with Crippen molar-refractivity contribution in [2.24, 2.45) is 5.41 Å². The standard InChI is InChI=1S/C25H26FN5O/c1-25(2)13-21(19-15-28-31(23(19)14-25)18-7-5-6-17(26)12-18)29-24(32)10-11-30-16-27-20-8-3-4-9-22(20)30/h3-9,12,15-16,21H,10-11,13-14H2,1-2H3,(H,29,32)/t21-/m1/s1. The van der Waals surface area contributed by atoms with Crippen LogP contribution in [0.5, 0.6) is 0 Å². The molecule has 164 valence electrons. The lowest BCUT2D eigenvalue weighted by Gasteiger charge is -2.36. The van der Waals surface area contributed by atoms with Crippen LogP contribution in [0.1, 0.15) is 44.0 Å². The number of para-hydroxylation sites is 2. The Labute approximate surface area is 186 Å². The summed E-state index contributed by atoms with van der Waals surface area (Å²) in [5.41, 5.74) is 4.67. The third-order valence-electron chi connectivity index (χ3n) is 6.17. The van der Waals surface area contributed by atoms with Crippen molar-refractivity contribution in [1.82, 2.24) is 24.6 Å². The molecule has 32 heavy (non-hydrogen) atoms. The molecule has 0 fully saturated rings. The predicted octanol–water partition coefficient (Wildman–Crippen LogP) is 4.58. The van der Waals surface area contributed by atoms with E-state index < -0.39 is 0 Å². The van der Waals surface area contributed by atoms with E-state index in [9.17, 15) is 9.18 Å². The molecule has 7 heteroatoms. The summed E-state index contributed by atoms with van der Waals surface area (Å²) in [6.07, 6.45) is 5.60. The van der Waals surface area contributed by atoms with Crippen LogP contribution in [0.2, 0.25) is 0 Å². The van der Waals surface area contributed by atoms with Crippen LogP contribution in [0, 0.1) is 11.2 Å². The molecule has 2 aromatic carbocycles. The average Bonchev–Trinajstić information content (AvgIpc) is 3.35. The number of nitrogens with zero attached hydrogens (tertiary/aromatic N) is 4. The first-order valence-electron chi connectivity index (χ1n) is 10.9. The van der Waals surface area contributed by atoms with Crippen molar-refractivity contribution in [2.75, 3.05) is 0 Å². The molecule has 2 heterocycles. The fourth-order valence-corrected chi connectivity index (χ4v) is 4.68. The van der Waals surface area contributed by atoms with Gasteiger partial charge in [-0.05, 0) is 48.6 Å². The van der Waals surface area contributed by atoms with Crippen molar-refractivity contribution >= 4 is 16.9 Å². The van der Waals surface area contributed by atoms with Crippen LogP contribution in [0.25, 0.3) is 16.7 Å². The van der Waals surface area contributed by atoms with E-state index in [2.05, 4.69) is 29.2 Å². The van der Waals surface area contributed by atoms with Crippen LogP contribution in [0.15, 0.2) is 61.1 Å². The van der Waals surface area contributed by atoms with Crippen LogP contribution < -0.4 is 5.32 Å². The van der Waals surface area contributed by atoms with E-state index in [0.29, 0.717) is 18.7 Å². The topological polar surface area (TPSA) is 64.7 Å². The van der Waals surface area contributed by atoms with Crippen molar-refractivity contribution < 1.29 is 9.18 Å². The van der Waals surface area contributed by atoms with Crippen molar-refractivity contribution in [2.45, 2.75) is 45.7 Å². The summed E-state index contributed by atoms with van der Waals surface area (Å²) in [7, 11) is 0. The number of rotatable bonds is 5. The SMILES string of the molecule is CC1(C)Cc2c(cnn2-c2cccc(F)c2)[C@H](NC(=O)CCn2cnc3ccccc32)C1. The van der Waals surface area contributed by atoms with Crippen molar-refractivity contribution in [1.29, 1.82) is 0 Å². The second-order valence-corrected chi connectivity index (χ2v) is 9.28. The second-order valence-electron chi connectivity index (χ2n) is 9.28. The second kappa shape index (κ2) is 7.89. The summed E-state index contributed by atoms with van der Waals surface area (Å²) in [6, 6.07) is 14.2. The molecule has 4 aromatic rings. The van der Waals surface area contributed by atoms with Gasteiger partial charge in [0.1, 0.15) is 5.82 Å². The molecule has 0 bridgehead atoms. The highest BCUT2D eigenvalue weighted by Gasteiger charge is 2.36. The molecular formula is C25H26FN5O. The van der Waals surface area contributed by atoms with Crippen molar-refractivity contribution in [3.8, 4) is 5.69 Å². The van der Waals surface area contributed by atoms with Crippen molar-refractivity contribution in [3.63, 3.8) is 0 Å². The number of amides is 1. The van der Waals surface area contributed by atoms with Crippen LogP contribution >= 0.6 is 0 Å². The lowest BCUT2D eigenvalue weighted by molar-refractivity contribution is -0.122. The van der Waals surface area contributed by atoms with Gasteiger partial charge in [0, 0.05) is 18.5 Å². The van der Waals surface area contributed by atoms with Gasteiger partial charge in [-0.25, -0.2) is 14.1 Å². The molecule has 0 saturated carbocycles. The Morgan fingerprint density at radius 3 is 2.91 bits per heavy atom. The molecule has 5 rings (SSSR count). The Bertz CT molecular complexity index is 1290. The summed E-state index contributed by atoms with van der Waals surface area (Å²) in [6.45, 7) is 4.95.